The number of aliphatic hydroxyl groups excluding tert-OH is 1. The average molecular weight is 223 g/mol. The van der Waals surface area contributed by atoms with Gasteiger partial charge in [0.1, 0.15) is 11.9 Å². The van der Waals surface area contributed by atoms with Gasteiger partial charge < -0.3 is 9.52 Å². The van der Waals surface area contributed by atoms with Crippen molar-refractivity contribution >= 4 is 0 Å². The third-order valence-electron chi connectivity index (χ3n) is 3.95. The fourth-order valence-electron chi connectivity index (χ4n) is 2.57. The third-order valence-corrected chi connectivity index (χ3v) is 3.95. The van der Waals surface area contributed by atoms with Gasteiger partial charge in [-0.2, -0.15) is 0 Å². The first kappa shape index (κ1) is 11.7. The van der Waals surface area contributed by atoms with E-state index < -0.39 is 6.10 Å². The topological polar surface area (TPSA) is 36.6 Å². The van der Waals surface area contributed by atoms with Crippen LogP contribution in [0.5, 0.6) is 0 Å². The molecule has 1 aromatic heterocycles. The summed E-state index contributed by atoms with van der Waals surface area (Å²) in [6.45, 7) is 6.43. The molecule has 0 bridgehead atoms. The second-order valence-electron chi connectivity index (χ2n) is 4.82. The summed E-state index contributed by atoms with van der Waals surface area (Å²) in [6, 6.07) is 3.69. The second kappa shape index (κ2) is 4.60. The molecule has 0 aromatic carbocycles. The summed E-state index contributed by atoms with van der Waals surface area (Å²) in [6.07, 6.45) is 4.49. The maximum atomic E-state index is 10.5. The normalized spacial score (nSPS) is 23.2. The van der Waals surface area contributed by atoms with E-state index in [0.29, 0.717) is 5.76 Å². The minimum Gasteiger partial charge on any atom is -0.467 e. The minimum absolute atomic E-state index is 0.200. The zero-order valence-corrected chi connectivity index (χ0v) is 10.1. The third kappa shape index (κ3) is 1.89. The first-order valence-corrected chi connectivity index (χ1v) is 6.15. The molecule has 0 spiro atoms. The van der Waals surface area contributed by atoms with Gasteiger partial charge in [-0.25, -0.2) is 0 Å². The number of hydrogen-bond donors (Lipinski definition) is 1. The van der Waals surface area contributed by atoms with E-state index in [9.17, 15) is 5.11 Å². The van der Waals surface area contributed by atoms with Gasteiger partial charge in [0.15, 0.2) is 0 Å². The summed E-state index contributed by atoms with van der Waals surface area (Å²) in [5.74, 6) is 0.677. The summed E-state index contributed by atoms with van der Waals surface area (Å²) < 4.78 is 5.33. The molecule has 1 aromatic rings. The second-order valence-corrected chi connectivity index (χ2v) is 4.82. The van der Waals surface area contributed by atoms with Crippen LogP contribution < -0.4 is 0 Å². The van der Waals surface area contributed by atoms with Crippen molar-refractivity contribution < 1.29 is 9.52 Å². The van der Waals surface area contributed by atoms with Crippen LogP contribution in [0.25, 0.3) is 0 Å². The summed E-state index contributed by atoms with van der Waals surface area (Å²) in [5, 5.41) is 10.5. The maximum Gasteiger partial charge on any atom is 0.134 e. The van der Waals surface area contributed by atoms with Crippen LogP contribution in [0.1, 0.15) is 45.0 Å². The van der Waals surface area contributed by atoms with Gasteiger partial charge in [0.25, 0.3) is 0 Å². The number of aliphatic hydroxyl groups is 1. The zero-order valence-electron chi connectivity index (χ0n) is 10.1. The van der Waals surface area contributed by atoms with Crippen molar-refractivity contribution in [3.05, 3.63) is 24.2 Å². The molecule has 2 unspecified atom stereocenters. The smallest absolute Gasteiger partial charge is 0.134 e. The monoisotopic (exact) mass is 223 g/mol. The van der Waals surface area contributed by atoms with Crippen molar-refractivity contribution in [2.45, 2.75) is 44.8 Å². The molecule has 3 nitrogen and oxygen atoms in total. The molecule has 2 rings (SSSR count). The number of nitrogens with zero attached hydrogens (tertiary/aromatic N) is 1. The molecule has 1 fully saturated rings. The Balaban J connectivity index is 2.19. The van der Waals surface area contributed by atoms with Gasteiger partial charge in [-0.05, 0) is 51.4 Å². The molecule has 0 radical (unpaired) electrons. The lowest BCUT2D eigenvalue weighted by molar-refractivity contribution is -0.0254. The quantitative estimate of drug-likeness (QED) is 0.852. The lowest BCUT2D eigenvalue weighted by Crippen LogP contribution is -2.48. The van der Waals surface area contributed by atoms with Crippen LogP contribution in [0.4, 0.5) is 0 Å². The fraction of sp³-hybridized carbons (Fsp3) is 0.692. The molecule has 3 heteroatoms. The lowest BCUT2D eigenvalue weighted by atomic mass is 9.88. The van der Waals surface area contributed by atoms with Crippen molar-refractivity contribution in [3.8, 4) is 0 Å². The van der Waals surface area contributed by atoms with Crippen molar-refractivity contribution in [1.29, 1.82) is 0 Å². The van der Waals surface area contributed by atoms with Gasteiger partial charge in [-0.1, -0.05) is 6.92 Å². The Kier molecular flexibility index (Phi) is 3.36. The first-order valence-electron chi connectivity index (χ1n) is 6.15. The molecule has 1 N–H and O–H groups in total. The van der Waals surface area contributed by atoms with Crippen molar-refractivity contribution in [3.63, 3.8) is 0 Å². The Morgan fingerprint density at radius 3 is 2.69 bits per heavy atom. The van der Waals surface area contributed by atoms with Crippen LogP contribution in [-0.2, 0) is 0 Å². The summed E-state index contributed by atoms with van der Waals surface area (Å²) in [7, 11) is 0. The van der Waals surface area contributed by atoms with Crippen LogP contribution in [0.15, 0.2) is 22.8 Å². The van der Waals surface area contributed by atoms with Crippen molar-refractivity contribution in [2.24, 2.45) is 0 Å². The van der Waals surface area contributed by atoms with Gasteiger partial charge in [0.2, 0.25) is 0 Å². The Labute approximate surface area is 97.1 Å². The average Bonchev–Trinajstić information content (AvgIpc) is 2.98. The Morgan fingerprint density at radius 2 is 2.19 bits per heavy atom. The molecule has 0 amide bonds. The summed E-state index contributed by atoms with van der Waals surface area (Å²) in [5.41, 5.74) is -0.200. The molecule has 90 valence electrons. The Hall–Kier alpha value is -0.800. The van der Waals surface area contributed by atoms with E-state index in [2.05, 4.69) is 18.7 Å². The molecule has 16 heavy (non-hydrogen) atoms. The van der Waals surface area contributed by atoms with E-state index in [0.717, 1.165) is 19.5 Å². The van der Waals surface area contributed by atoms with E-state index in [-0.39, 0.29) is 5.54 Å². The molecular formula is C13H21NO2. The molecule has 1 saturated heterocycles. The van der Waals surface area contributed by atoms with E-state index in [4.69, 9.17) is 4.42 Å². The van der Waals surface area contributed by atoms with Gasteiger partial charge >= 0.3 is 0 Å². The molecule has 0 aliphatic carbocycles. The highest BCUT2D eigenvalue weighted by Gasteiger charge is 2.40. The van der Waals surface area contributed by atoms with Crippen LogP contribution in [0.3, 0.4) is 0 Å². The van der Waals surface area contributed by atoms with Crippen molar-refractivity contribution in [1.82, 2.24) is 4.90 Å². The lowest BCUT2D eigenvalue weighted by Gasteiger charge is -2.41. The molecular weight excluding hydrogens is 202 g/mol. The zero-order chi connectivity index (χ0) is 11.6. The SMILES string of the molecule is CCC(C)(C(O)c1ccco1)N1CCCC1. The van der Waals surface area contributed by atoms with Crippen LogP contribution >= 0.6 is 0 Å². The minimum atomic E-state index is -0.536. The van der Waals surface area contributed by atoms with E-state index in [1.165, 1.54) is 12.8 Å². The summed E-state index contributed by atoms with van der Waals surface area (Å²) in [4.78, 5) is 2.39. The maximum absolute atomic E-state index is 10.5. The highest BCUT2D eigenvalue weighted by molar-refractivity contribution is 5.09. The van der Waals surface area contributed by atoms with Gasteiger partial charge in [0, 0.05) is 0 Å². The predicted octanol–water partition coefficient (Wildman–Crippen LogP) is 2.58. The molecule has 2 atom stereocenters. The Morgan fingerprint density at radius 1 is 1.50 bits per heavy atom. The van der Waals surface area contributed by atoms with Crippen molar-refractivity contribution in [2.75, 3.05) is 13.1 Å². The standard InChI is InChI=1S/C13H21NO2/c1-3-13(2,14-8-4-5-9-14)12(15)11-7-6-10-16-11/h6-7,10,12,15H,3-5,8-9H2,1-2H3. The fourth-order valence-corrected chi connectivity index (χ4v) is 2.57. The van der Waals surface area contributed by atoms with Crippen LogP contribution in [0, 0.1) is 0 Å². The number of furan rings is 1. The van der Waals surface area contributed by atoms with E-state index in [1.54, 1.807) is 6.26 Å². The summed E-state index contributed by atoms with van der Waals surface area (Å²) >= 11 is 0. The molecule has 1 aliphatic rings. The molecule has 1 aliphatic heterocycles. The van der Waals surface area contributed by atoms with Crippen LogP contribution in [0.2, 0.25) is 0 Å². The van der Waals surface area contributed by atoms with Gasteiger partial charge in [-0.15, -0.1) is 0 Å². The number of hydrogen-bond acceptors (Lipinski definition) is 3. The predicted molar refractivity (Wildman–Crippen MR) is 63.2 cm³/mol. The Bertz CT molecular complexity index is 317. The number of rotatable bonds is 4. The van der Waals surface area contributed by atoms with Crippen LogP contribution in [-0.4, -0.2) is 28.6 Å². The largest absolute Gasteiger partial charge is 0.467 e. The van der Waals surface area contributed by atoms with Gasteiger partial charge in [-0.3, -0.25) is 4.90 Å². The molecule has 2 heterocycles. The number of likely N-dealkylation sites (tertiary alicyclic amines) is 1. The van der Waals surface area contributed by atoms with E-state index in [1.807, 2.05) is 12.1 Å². The first-order chi connectivity index (χ1) is 7.68. The van der Waals surface area contributed by atoms with E-state index >= 15 is 0 Å². The molecule has 0 saturated carbocycles. The highest BCUT2D eigenvalue weighted by atomic mass is 16.4. The van der Waals surface area contributed by atoms with Gasteiger partial charge in [0.05, 0.1) is 11.8 Å². The highest BCUT2D eigenvalue weighted by Crippen LogP contribution is 2.36.